The predicted octanol–water partition coefficient (Wildman–Crippen LogP) is 3.52. The van der Waals surface area contributed by atoms with Crippen molar-refractivity contribution in [2.45, 2.75) is 13.0 Å². The highest BCUT2D eigenvalue weighted by Gasteiger charge is 2.48. The van der Waals surface area contributed by atoms with E-state index in [0.717, 1.165) is 0 Å². The monoisotopic (exact) mass is 412 g/mol. The summed E-state index contributed by atoms with van der Waals surface area (Å²) in [5.41, 5.74) is 0.926. The van der Waals surface area contributed by atoms with Gasteiger partial charge in [-0.05, 0) is 36.8 Å². The predicted molar refractivity (Wildman–Crippen MR) is 105 cm³/mol. The van der Waals surface area contributed by atoms with Crippen LogP contribution >= 0.6 is 22.9 Å². The first-order chi connectivity index (χ1) is 13.5. The number of ketones is 1. The third kappa shape index (κ3) is 3.06. The summed E-state index contributed by atoms with van der Waals surface area (Å²) < 4.78 is 0. The van der Waals surface area contributed by atoms with Crippen LogP contribution in [0.15, 0.2) is 54.4 Å². The summed E-state index contributed by atoms with van der Waals surface area (Å²) in [7, 11) is 0. The fourth-order valence-corrected chi connectivity index (χ4v) is 3.98. The molecule has 7 nitrogen and oxygen atoms in total. The number of anilines is 1. The van der Waals surface area contributed by atoms with Crippen molar-refractivity contribution in [3.63, 3.8) is 0 Å². The van der Waals surface area contributed by atoms with Gasteiger partial charge in [0.2, 0.25) is 5.13 Å². The van der Waals surface area contributed by atoms with Gasteiger partial charge in [0.1, 0.15) is 10.8 Å². The summed E-state index contributed by atoms with van der Waals surface area (Å²) in [5.74, 6) is -1.86. The van der Waals surface area contributed by atoms with E-state index in [9.17, 15) is 14.7 Å². The number of carbonyl (C=O) groups is 2. The van der Waals surface area contributed by atoms with E-state index in [1.807, 2.05) is 0 Å². The van der Waals surface area contributed by atoms with Crippen LogP contribution in [0.1, 0.15) is 22.2 Å². The van der Waals surface area contributed by atoms with Crippen LogP contribution in [-0.4, -0.2) is 32.0 Å². The van der Waals surface area contributed by atoms with Gasteiger partial charge in [0, 0.05) is 23.0 Å². The second-order valence-corrected chi connectivity index (χ2v) is 7.66. The minimum Gasteiger partial charge on any atom is -0.507 e. The standard InChI is InChI=1S/C19H13ClN4O3S/c1-10-22-23-19(28-10)24-15(12-3-2-4-13(20)9-12)14(17(26)18(24)27)16(25)11-5-7-21-8-6-11/h2-9,15,25H,1H3. The van der Waals surface area contributed by atoms with Crippen molar-refractivity contribution in [2.75, 3.05) is 4.90 Å². The maximum absolute atomic E-state index is 12.9. The van der Waals surface area contributed by atoms with Gasteiger partial charge in [-0.2, -0.15) is 0 Å². The molecular weight excluding hydrogens is 400 g/mol. The van der Waals surface area contributed by atoms with E-state index in [4.69, 9.17) is 11.6 Å². The Bertz CT molecular complexity index is 1110. The van der Waals surface area contributed by atoms with Crippen LogP contribution in [0.25, 0.3) is 5.76 Å². The summed E-state index contributed by atoms with van der Waals surface area (Å²) in [6.07, 6.45) is 2.99. The molecule has 140 valence electrons. The second-order valence-electron chi connectivity index (χ2n) is 6.06. The summed E-state index contributed by atoms with van der Waals surface area (Å²) in [4.78, 5) is 30.9. The Labute approximate surface area is 168 Å². The average molecular weight is 413 g/mol. The number of carbonyl (C=O) groups excluding carboxylic acids is 2. The molecule has 1 fully saturated rings. The topological polar surface area (TPSA) is 96.3 Å². The number of amides is 1. The number of hydrogen-bond donors (Lipinski definition) is 1. The normalized spacial score (nSPS) is 18.6. The van der Waals surface area contributed by atoms with Crippen molar-refractivity contribution in [3.8, 4) is 0 Å². The van der Waals surface area contributed by atoms with Crippen LogP contribution in [0.3, 0.4) is 0 Å². The van der Waals surface area contributed by atoms with E-state index in [2.05, 4.69) is 15.2 Å². The van der Waals surface area contributed by atoms with Gasteiger partial charge in [0.15, 0.2) is 0 Å². The number of aliphatic hydroxyl groups excluding tert-OH is 1. The summed E-state index contributed by atoms with van der Waals surface area (Å²) in [5, 5.41) is 20.2. The van der Waals surface area contributed by atoms with Crippen molar-refractivity contribution in [1.82, 2.24) is 15.2 Å². The lowest BCUT2D eigenvalue weighted by molar-refractivity contribution is -0.132. The fraction of sp³-hybridized carbons (Fsp3) is 0.105. The van der Waals surface area contributed by atoms with Crippen LogP contribution in [-0.2, 0) is 9.59 Å². The van der Waals surface area contributed by atoms with Gasteiger partial charge in [-0.3, -0.25) is 19.5 Å². The lowest BCUT2D eigenvalue weighted by atomic mass is 9.96. The molecule has 1 unspecified atom stereocenters. The molecule has 1 amide bonds. The van der Waals surface area contributed by atoms with Gasteiger partial charge in [0.25, 0.3) is 5.78 Å². The molecule has 0 aliphatic carbocycles. The molecule has 0 bridgehead atoms. The Morgan fingerprint density at radius 1 is 1.18 bits per heavy atom. The summed E-state index contributed by atoms with van der Waals surface area (Å²) in [6.45, 7) is 1.75. The molecule has 1 aromatic carbocycles. The summed E-state index contributed by atoms with van der Waals surface area (Å²) >= 11 is 7.32. The van der Waals surface area contributed by atoms with Crippen LogP contribution < -0.4 is 4.90 Å². The smallest absolute Gasteiger partial charge is 0.301 e. The Kier molecular flexibility index (Phi) is 4.66. The van der Waals surface area contributed by atoms with Gasteiger partial charge in [-0.25, -0.2) is 0 Å². The van der Waals surface area contributed by atoms with Crippen molar-refractivity contribution in [2.24, 2.45) is 0 Å². The molecule has 3 aromatic rings. The Morgan fingerprint density at radius 3 is 2.57 bits per heavy atom. The quantitative estimate of drug-likeness (QED) is 0.401. The molecule has 0 spiro atoms. The van der Waals surface area contributed by atoms with Gasteiger partial charge < -0.3 is 5.11 Å². The molecule has 4 rings (SSSR count). The van der Waals surface area contributed by atoms with Gasteiger partial charge >= 0.3 is 5.91 Å². The molecule has 1 atom stereocenters. The first-order valence-corrected chi connectivity index (χ1v) is 9.44. The van der Waals surface area contributed by atoms with Gasteiger partial charge in [-0.1, -0.05) is 35.1 Å². The van der Waals surface area contributed by atoms with E-state index in [-0.39, 0.29) is 16.5 Å². The van der Waals surface area contributed by atoms with Crippen molar-refractivity contribution < 1.29 is 14.7 Å². The van der Waals surface area contributed by atoms with Crippen molar-refractivity contribution >= 4 is 45.5 Å². The lowest BCUT2D eigenvalue weighted by Crippen LogP contribution is -2.29. The van der Waals surface area contributed by atoms with E-state index in [1.165, 1.54) is 28.6 Å². The molecule has 1 N–H and O–H groups in total. The van der Waals surface area contributed by atoms with E-state index < -0.39 is 17.7 Å². The van der Waals surface area contributed by atoms with Crippen LogP contribution in [0.5, 0.6) is 0 Å². The first kappa shape index (κ1) is 18.3. The first-order valence-electron chi connectivity index (χ1n) is 8.24. The maximum atomic E-state index is 12.9. The zero-order valence-electron chi connectivity index (χ0n) is 14.5. The zero-order valence-corrected chi connectivity index (χ0v) is 16.1. The molecule has 1 aliphatic rings. The summed E-state index contributed by atoms with van der Waals surface area (Å²) in [6, 6.07) is 9.05. The van der Waals surface area contributed by atoms with Crippen LogP contribution in [0, 0.1) is 6.92 Å². The number of Topliss-reactive ketones (excluding diaryl/α,β-unsaturated/α-hetero) is 1. The number of rotatable bonds is 3. The molecule has 2 aromatic heterocycles. The molecular formula is C19H13ClN4O3S. The average Bonchev–Trinajstić information content (AvgIpc) is 3.23. The SMILES string of the molecule is Cc1nnc(N2C(=O)C(=O)C(=C(O)c3ccncc3)C2c2cccc(Cl)c2)s1. The Morgan fingerprint density at radius 2 is 1.93 bits per heavy atom. The van der Waals surface area contributed by atoms with E-state index in [0.29, 0.717) is 21.2 Å². The molecule has 9 heteroatoms. The number of hydrogen-bond acceptors (Lipinski definition) is 7. The van der Waals surface area contributed by atoms with Crippen molar-refractivity contribution in [1.29, 1.82) is 0 Å². The highest BCUT2D eigenvalue weighted by molar-refractivity contribution is 7.15. The zero-order chi connectivity index (χ0) is 19.8. The molecule has 28 heavy (non-hydrogen) atoms. The molecule has 1 saturated heterocycles. The molecule has 0 radical (unpaired) electrons. The highest BCUT2D eigenvalue weighted by atomic mass is 35.5. The maximum Gasteiger partial charge on any atom is 0.301 e. The largest absolute Gasteiger partial charge is 0.507 e. The van der Waals surface area contributed by atoms with Gasteiger partial charge in [-0.15, -0.1) is 10.2 Å². The van der Waals surface area contributed by atoms with Crippen LogP contribution in [0.4, 0.5) is 5.13 Å². The number of halogens is 1. The van der Waals surface area contributed by atoms with Crippen LogP contribution in [0.2, 0.25) is 5.02 Å². The minimum atomic E-state index is -0.876. The van der Waals surface area contributed by atoms with E-state index >= 15 is 0 Å². The number of pyridine rings is 1. The minimum absolute atomic E-state index is 0.0358. The number of benzene rings is 1. The number of aryl methyl sites for hydroxylation is 1. The molecule has 0 saturated carbocycles. The number of aliphatic hydroxyl groups is 1. The third-order valence-corrected chi connectivity index (χ3v) is 5.36. The second kappa shape index (κ2) is 7.14. The Balaban J connectivity index is 1.96. The molecule has 1 aliphatic heterocycles. The fourth-order valence-electron chi connectivity index (χ4n) is 3.07. The Hall–Kier alpha value is -3.10. The lowest BCUT2D eigenvalue weighted by Gasteiger charge is -2.22. The number of nitrogens with zero attached hydrogens (tertiary/aromatic N) is 4. The third-order valence-electron chi connectivity index (χ3n) is 4.28. The molecule has 3 heterocycles. The highest BCUT2D eigenvalue weighted by Crippen LogP contribution is 2.43. The van der Waals surface area contributed by atoms with Crippen molar-refractivity contribution in [3.05, 3.63) is 75.5 Å². The number of aromatic nitrogens is 3. The van der Waals surface area contributed by atoms with E-state index in [1.54, 1.807) is 43.3 Å². The van der Waals surface area contributed by atoms with Gasteiger partial charge in [0.05, 0.1) is 11.6 Å².